The molecule has 0 spiro atoms. The Hall–Kier alpha value is -2.38. The highest BCUT2D eigenvalue weighted by Crippen LogP contribution is 2.35. The van der Waals surface area contributed by atoms with Gasteiger partial charge in [0.15, 0.2) is 0 Å². The highest BCUT2D eigenvalue weighted by molar-refractivity contribution is 5.76. The lowest BCUT2D eigenvalue weighted by molar-refractivity contribution is -0.274. The number of benzene rings is 1. The standard InChI is InChI=1S/C17H21F3N2O3/c1-16(2,3)25-15(23)22-8-6-11(7-9-22)13-5-4-12(21)10-14(13)24-17(18,19)20/h4-6,10H,7-9,21H2,1-3H3. The van der Waals surface area contributed by atoms with Crippen LogP contribution in [0.15, 0.2) is 24.3 Å². The van der Waals surface area contributed by atoms with Crippen molar-refractivity contribution >= 4 is 17.4 Å². The second-order valence-corrected chi connectivity index (χ2v) is 6.71. The number of ether oxygens (including phenoxy) is 2. The third kappa shape index (κ3) is 5.58. The first-order valence-electron chi connectivity index (χ1n) is 7.77. The third-order valence-corrected chi connectivity index (χ3v) is 3.44. The van der Waals surface area contributed by atoms with Gasteiger partial charge in [-0.05, 0) is 44.9 Å². The number of anilines is 1. The van der Waals surface area contributed by atoms with Crippen LogP contribution in [0, 0.1) is 0 Å². The predicted octanol–water partition coefficient (Wildman–Crippen LogP) is 4.19. The Morgan fingerprint density at radius 2 is 1.92 bits per heavy atom. The molecule has 0 radical (unpaired) electrons. The van der Waals surface area contributed by atoms with Crippen LogP contribution in [0.4, 0.5) is 23.7 Å². The molecule has 0 atom stereocenters. The van der Waals surface area contributed by atoms with Gasteiger partial charge in [-0.2, -0.15) is 0 Å². The van der Waals surface area contributed by atoms with Crippen molar-refractivity contribution in [2.75, 3.05) is 18.8 Å². The molecule has 0 fully saturated rings. The van der Waals surface area contributed by atoms with Crippen LogP contribution in [0.1, 0.15) is 32.8 Å². The molecule has 8 heteroatoms. The molecule has 0 unspecified atom stereocenters. The number of nitrogen functional groups attached to an aromatic ring is 1. The summed E-state index contributed by atoms with van der Waals surface area (Å²) in [4.78, 5) is 13.5. The minimum absolute atomic E-state index is 0.176. The number of carbonyl (C=O) groups excluding carboxylic acids is 1. The number of rotatable bonds is 2. The molecule has 25 heavy (non-hydrogen) atoms. The smallest absolute Gasteiger partial charge is 0.444 e. The first-order chi connectivity index (χ1) is 11.4. The van der Waals surface area contributed by atoms with Gasteiger partial charge in [0, 0.05) is 30.4 Å². The Balaban J connectivity index is 2.17. The Morgan fingerprint density at radius 3 is 2.44 bits per heavy atom. The fraction of sp³-hybridized carbons (Fsp3) is 0.471. The Labute approximate surface area is 144 Å². The highest BCUT2D eigenvalue weighted by Gasteiger charge is 2.33. The van der Waals surface area contributed by atoms with Crippen molar-refractivity contribution in [3.8, 4) is 5.75 Å². The number of halogens is 3. The summed E-state index contributed by atoms with van der Waals surface area (Å²) >= 11 is 0. The molecule has 2 rings (SSSR count). The van der Waals surface area contributed by atoms with E-state index in [0.717, 1.165) is 6.07 Å². The van der Waals surface area contributed by atoms with E-state index in [1.54, 1.807) is 26.8 Å². The number of nitrogens with two attached hydrogens (primary N) is 1. The van der Waals surface area contributed by atoms with E-state index in [-0.39, 0.29) is 18.0 Å². The molecule has 0 aliphatic carbocycles. The Bertz CT molecular complexity index is 679. The van der Waals surface area contributed by atoms with Crippen LogP contribution in [-0.2, 0) is 4.74 Å². The second kappa shape index (κ2) is 6.85. The Morgan fingerprint density at radius 1 is 1.24 bits per heavy atom. The van der Waals surface area contributed by atoms with Gasteiger partial charge >= 0.3 is 12.5 Å². The van der Waals surface area contributed by atoms with Crippen LogP contribution < -0.4 is 10.5 Å². The second-order valence-electron chi connectivity index (χ2n) is 6.71. The minimum Gasteiger partial charge on any atom is -0.444 e. The summed E-state index contributed by atoms with van der Waals surface area (Å²) in [5, 5.41) is 0. The number of alkyl halides is 3. The SMILES string of the molecule is CC(C)(C)OC(=O)N1CC=C(c2ccc(N)cc2OC(F)(F)F)CC1. The molecule has 1 aromatic rings. The van der Waals surface area contributed by atoms with Gasteiger partial charge in [-0.25, -0.2) is 4.79 Å². The zero-order valence-corrected chi connectivity index (χ0v) is 14.3. The topological polar surface area (TPSA) is 64.8 Å². The lowest BCUT2D eigenvalue weighted by Crippen LogP contribution is -2.39. The van der Waals surface area contributed by atoms with Crippen molar-refractivity contribution in [1.82, 2.24) is 4.90 Å². The van der Waals surface area contributed by atoms with Crippen molar-refractivity contribution in [2.45, 2.75) is 39.2 Å². The normalized spacial score (nSPS) is 15.6. The first-order valence-corrected chi connectivity index (χ1v) is 7.77. The maximum absolute atomic E-state index is 12.6. The van der Waals surface area contributed by atoms with Gasteiger partial charge in [0.05, 0.1) is 0 Å². The summed E-state index contributed by atoms with van der Waals surface area (Å²) in [5.74, 6) is -0.343. The van der Waals surface area contributed by atoms with Crippen molar-refractivity contribution in [3.05, 3.63) is 29.8 Å². The zero-order chi connectivity index (χ0) is 18.8. The van der Waals surface area contributed by atoms with Gasteiger partial charge in [0.1, 0.15) is 11.4 Å². The van der Waals surface area contributed by atoms with Crippen LogP contribution in [-0.4, -0.2) is 36.0 Å². The molecule has 0 aromatic heterocycles. The largest absolute Gasteiger partial charge is 0.573 e. The van der Waals surface area contributed by atoms with E-state index >= 15 is 0 Å². The molecule has 1 aliphatic rings. The monoisotopic (exact) mass is 358 g/mol. The predicted molar refractivity (Wildman–Crippen MR) is 87.9 cm³/mol. The quantitative estimate of drug-likeness (QED) is 0.805. The third-order valence-electron chi connectivity index (χ3n) is 3.44. The number of nitrogens with zero attached hydrogens (tertiary/aromatic N) is 1. The first kappa shape index (κ1) is 19.0. The molecule has 0 saturated carbocycles. The average molecular weight is 358 g/mol. The lowest BCUT2D eigenvalue weighted by atomic mass is 9.98. The van der Waals surface area contributed by atoms with Gasteiger partial charge in [-0.1, -0.05) is 6.08 Å². The van der Waals surface area contributed by atoms with E-state index in [9.17, 15) is 18.0 Å². The molecule has 1 heterocycles. The summed E-state index contributed by atoms with van der Waals surface area (Å²) < 4.78 is 47.2. The van der Waals surface area contributed by atoms with Gasteiger partial charge < -0.3 is 20.1 Å². The van der Waals surface area contributed by atoms with E-state index in [4.69, 9.17) is 10.5 Å². The van der Waals surface area contributed by atoms with Crippen molar-refractivity contribution in [3.63, 3.8) is 0 Å². The zero-order valence-electron chi connectivity index (χ0n) is 14.3. The molecule has 2 N–H and O–H groups in total. The van der Waals surface area contributed by atoms with E-state index in [0.29, 0.717) is 24.1 Å². The van der Waals surface area contributed by atoms with E-state index in [1.807, 2.05) is 0 Å². The number of hydrogen-bond donors (Lipinski definition) is 1. The lowest BCUT2D eigenvalue weighted by Gasteiger charge is -2.30. The molecule has 1 aliphatic heterocycles. The molecule has 0 saturated heterocycles. The van der Waals surface area contributed by atoms with Gasteiger partial charge in [0.2, 0.25) is 0 Å². The fourth-order valence-electron chi connectivity index (χ4n) is 2.42. The maximum Gasteiger partial charge on any atom is 0.573 e. The summed E-state index contributed by atoms with van der Waals surface area (Å²) in [6.07, 6.45) is -3.17. The van der Waals surface area contributed by atoms with E-state index < -0.39 is 18.1 Å². The van der Waals surface area contributed by atoms with Crippen LogP contribution in [0.25, 0.3) is 5.57 Å². The molecule has 5 nitrogen and oxygen atoms in total. The van der Waals surface area contributed by atoms with Crippen LogP contribution >= 0.6 is 0 Å². The number of carbonyl (C=O) groups is 1. The Kier molecular flexibility index (Phi) is 5.20. The van der Waals surface area contributed by atoms with Crippen molar-refractivity contribution < 1.29 is 27.4 Å². The summed E-state index contributed by atoms with van der Waals surface area (Å²) in [6.45, 7) is 5.90. The molecule has 1 aromatic carbocycles. The fourth-order valence-corrected chi connectivity index (χ4v) is 2.42. The molecule has 0 bridgehead atoms. The van der Waals surface area contributed by atoms with Crippen LogP contribution in [0.5, 0.6) is 5.75 Å². The van der Waals surface area contributed by atoms with E-state index in [2.05, 4.69) is 4.74 Å². The van der Waals surface area contributed by atoms with Gasteiger partial charge in [0.25, 0.3) is 0 Å². The summed E-state index contributed by atoms with van der Waals surface area (Å²) in [5.41, 5.74) is 6.11. The van der Waals surface area contributed by atoms with Gasteiger partial charge in [-0.3, -0.25) is 0 Å². The van der Waals surface area contributed by atoms with Crippen LogP contribution in [0.3, 0.4) is 0 Å². The maximum atomic E-state index is 12.6. The minimum atomic E-state index is -4.81. The number of hydrogen-bond acceptors (Lipinski definition) is 4. The number of amides is 1. The van der Waals surface area contributed by atoms with Crippen molar-refractivity contribution in [1.29, 1.82) is 0 Å². The summed E-state index contributed by atoms with van der Waals surface area (Å²) in [7, 11) is 0. The van der Waals surface area contributed by atoms with Gasteiger partial charge in [-0.15, -0.1) is 13.2 Å². The average Bonchev–Trinajstić information content (AvgIpc) is 2.44. The highest BCUT2D eigenvalue weighted by atomic mass is 19.4. The molecule has 1 amide bonds. The molecular formula is C17H21F3N2O3. The molecule has 138 valence electrons. The molecular weight excluding hydrogens is 337 g/mol. The van der Waals surface area contributed by atoms with E-state index in [1.165, 1.54) is 17.0 Å². The van der Waals surface area contributed by atoms with Crippen molar-refractivity contribution in [2.24, 2.45) is 0 Å². The van der Waals surface area contributed by atoms with Crippen LogP contribution in [0.2, 0.25) is 0 Å². The summed E-state index contributed by atoms with van der Waals surface area (Å²) in [6, 6.07) is 4.15.